The maximum absolute atomic E-state index is 10.8. The Morgan fingerprint density at radius 3 is 1.58 bits per heavy atom. The number of ether oxygens (including phenoxy) is 1. The van der Waals surface area contributed by atoms with Crippen LogP contribution in [-0.4, -0.2) is 12.6 Å². The van der Waals surface area contributed by atoms with E-state index in [1.165, 1.54) is 102 Å². The molecule has 0 unspecified atom stereocenters. The van der Waals surface area contributed by atoms with Crippen molar-refractivity contribution in [2.75, 3.05) is 6.61 Å². The zero-order valence-electron chi connectivity index (χ0n) is 17.5. The highest BCUT2D eigenvalue weighted by Crippen LogP contribution is 2.13. The predicted molar refractivity (Wildman–Crippen MR) is 114 cm³/mol. The van der Waals surface area contributed by atoms with E-state index >= 15 is 0 Å². The van der Waals surface area contributed by atoms with Crippen molar-refractivity contribution >= 4 is 5.97 Å². The average Bonchev–Trinajstić information content (AvgIpc) is 2.66. The molecule has 2 heteroatoms. The molecule has 0 aliphatic carbocycles. The van der Waals surface area contributed by atoms with Crippen molar-refractivity contribution in [3.05, 3.63) is 24.8 Å². The Hall–Kier alpha value is -1.05. The third kappa shape index (κ3) is 21.0. The SMILES string of the molecule is C=CC(=O)OCC/C=C/CCCCCCCCCCCCCCCCC. The highest BCUT2D eigenvalue weighted by atomic mass is 16.5. The minimum absolute atomic E-state index is 0.333. The maximum atomic E-state index is 10.8. The molecule has 0 aliphatic heterocycles. The molecule has 0 saturated heterocycles. The van der Waals surface area contributed by atoms with Gasteiger partial charge in [-0.25, -0.2) is 4.79 Å². The fourth-order valence-corrected chi connectivity index (χ4v) is 3.16. The number of hydrogen-bond acceptors (Lipinski definition) is 2. The van der Waals surface area contributed by atoms with Gasteiger partial charge in [-0.15, -0.1) is 0 Å². The molecule has 0 aromatic rings. The van der Waals surface area contributed by atoms with E-state index in [1.54, 1.807) is 0 Å². The summed E-state index contributed by atoms with van der Waals surface area (Å²) in [5, 5.41) is 0. The van der Waals surface area contributed by atoms with Gasteiger partial charge in [0.05, 0.1) is 6.61 Å². The van der Waals surface area contributed by atoms with Gasteiger partial charge >= 0.3 is 5.97 Å². The maximum Gasteiger partial charge on any atom is 0.330 e. The van der Waals surface area contributed by atoms with Crippen molar-refractivity contribution in [3.63, 3.8) is 0 Å². The molecule has 0 heterocycles. The summed E-state index contributed by atoms with van der Waals surface area (Å²) in [5.74, 6) is -0.333. The number of carbonyl (C=O) groups is 1. The normalized spacial score (nSPS) is 11.1. The van der Waals surface area contributed by atoms with Gasteiger partial charge in [-0.1, -0.05) is 116 Å². The van der Waals surface area contributed by atoms with E-state index in [4.69, 9.17) is 4.74 Å². The second-order valence-electron chi connectivity index (χ2n) is 7.37. The van der Waals surface area contributed by atoms with Crippen LogP contribution in [0.1, 0.15) is 116 Å². The van der Waals surface area contributed by atoms with Gasteiger partial charge in [0.15, 0.2) is 0 Å². The standard InChI is InChI=1S/C24H44O2/c1-3-5-6-7-8-9-10-11-12-13-14-15-16-17-18-19-20-21-22-23-26-24(25)4-2/h4,20-21H,2-3,5-19,22-23H2,1H3/b21-20+. The first-order chi connectivity index (χ1) is 12.8. The Labute approximate surface area is 163 Å². The van der Waals surface area contributed by atoms with Gasteiger partial charge in [0.1, 0.15) is 0 Å². The third-order valence-electron chi connectivity index (χ3n) is 4.84. The number of hydrogen-bond donors (Lipinski definition) is 0. The highest BCUT2D eigenvalue weighted by molar-refractivity contribution is 5.81. The van der Waals surface area contributed by atoms with Gasteiger partial charge < -0.3 is 4.74 Å². The largest absolute Gasteiger partial charge is 0.462 e. The van der Waals surface area contributed by atoms with Crippen LogP contribution in [0, 0.1) is 0 Å². The van der Waals surface area contributed by atoms with Crippen LogP contribution >= 0.6 is 0 Å². The molecule has 152 valence electrons. The molecule has 0 fully saturated rings. The van der Waals surface area contributed by atoms with Crippen molar-refractivity contribution in [3.8, 4) is 0 Å². The number of esters is 1. The molecule has 0 atom stereocenters. The van der Waals surface area contributed by atoms with E-state index in [0.29, 0.717) is 6.61 Å². The van der Waals surface area contributed by atoms with Crippen LogP contribution in [-0.2, 0) is 9.53 Å². The van der Waals surface area contributed by atoms with Crippen molar-refractivity contribution < 1.29 is 9.53 Å². The minimum atomic E-state index is -0.333. The fraction of sp³-hybridized carbons (Fsp3) is 0.792. The molecule has 0 bridgehead atoms. The Balaban J connectivity index is 3.09. The molecule has 0 aromatic carbocycles. The van der Waals surface area contributed by atoms with E-state index in [-0.39, 0.29) is 5.97 Å². The minimum Gasteiger partial charge on any atom is -0.462 e. The van der Waals surface area contributed by atoms with E-state index in [2.05, 4.69) is 25.7 Å². The van der Waals surface area contributed by atoms with Crippen LogP contribution in [0.2, 0.25) is 0 Å². The second-order valence-corrected chi connectivity index (χ2v) is 7.37. The lowest BCUT2D eigenvalue weighted by molar-refractivity contribution is -0.137. The quantitative estimate of drug-likeness (QED) is 0.0948. The Morgan fingerprint density at radius 2 is 1.12 bits per heavy atom. The predicted octanol–water partition coefficient (Wildman–Crippen LogP) is 7.92. The smallest absolute Gasteiger partial charge is 0.330 e. The van der Waals surface area contributed by atoms with Gasteiger partial charge in [-0.3, -0.25) is 0 Å². The Morgan fingerprint density at radius 1 is 0.692 bits per heavy atom. The van der Waals surface area contributed by atoms with Gasteiger partial charge in [-0.05, 0) is 19.3 Å². The van der Waals surface area contributed by atoms with Gasteiger partial charge in [0, 0.05) is 6.08 Å². The first kappa shape index (κ1) is 24.9. The molecule has 0 N–H and O–H groups in total. The van der Waals surface area contributed by atoms with Gasteiger partial charge in [0.25, 0.3) is 0 Å². The Bertz CT molecular complexity index is 333. The van der Waals surface area contributed by atoms with Crippen LogP contribution in [0.25, 0.3) is 0 Å². The van der Waals surface area contributed by atoms with Crippen LogP contribution in [0.3, 0.4) is 0 Å². The third-order valence-corrected chi connectivity index (χ3v) is 4.84. The van der Waals surface area contributed by atoms with Crippen LogP contribution in [0.5, 0.6) is 0 Å². The van der Waals surface area contributed by atoms with E-state index in [1.807, 2.05) is 0 Å². The van der Waals surface area contributed by atoms with E-state index in [0.717, 1.165) is 12.8 Å². The number of allylic oxidation sites excluding steroid dienone is 1. The number of unbranched alkanes of at least 4 members (excludes halogenated alkanes) is 15. The summed E-state index contributed by atoms with van der Waals surface area (Å²) in [4.78, 5) is 10.8. The summed E-state index contributed by atoms with van der Waals surface area (Å²) in [6.07, 6.45) is 28.6. The molecule has 26 heavy (non-hydrogen) atoms. The zero-order chi connectivity index (χ0) is 19.1. The summed E-state index contributed by atoms with van der Waals surface area (Å²) >= 11 is 0. The molecule has 0 amide bonds. The summed E-state index contributed by atoms with van der Waals surface area (Å²) in [6, 6.07) is 0. The summed E-state index contributed by atoms with van der Waals surface area (Å²) in [7, 11) is 0. The molecular weight excluding hydrogens is 320 g/mol. The molecule has 0 rings (SSSR count). The molecule has 0 radical (unpaired) electrons. The molecular formula is C24H44O2. The van der Waals surface area contributed by atoms with E-state index < -0.39 is 0 Å². The summed E-state index contributed by atoms with van der Waals surface area (Å²) in [5.41, 5.74) is 0. The van der Waals surface area contributed by atoms with E-state index in [9.17, 15) is 4.79 Å². The van der Waals surface area contributed by atoms with Crippen LogP contribution in [0.4, 0.5) is 0 Å². The lowest BCUT2D eigenvalue weighted by atomic mass is 10.0. The summed E-state index contributed by atoms with van der Waals surface area (Å²) in [6.45, 7) is 6.11. The van der Waals surface area contributed by atoms with Crippen LogP contribution in [0.15, 0.2) is 24.8 Å². The van der Waals surface area contributed by atoms with Gasteiger partial charge in [-0.2, -0.15) is 0 Å². The zero-order valence-corrected chi connectivity index (χ0v) is 17.5. The first-order valence-electron chi connectivity index (χ1n) is 11.3. The fourth-order valence-electron chi connectivity index (χ4n) is 3.16. The molecule has 0 aliphatic rings. The summed E-state index contributed by atoms with van der Waals surface area (Å²) < 4.78 is 4.92. The molecule has 2 nitrogen and oxygen atoms in total. The topological polar surface area (TPSA) is 26.3 Å². The number of rotatable bonds is 20. The van der Waals surface area contributed by atoms with Crippen molar-refractivity contribution in [1.29, 1.82) is 0 Å². The van der Waals surface area contributed by atoms with Crippen LogP contribution < -0.4 is 0 Å². The average molecular weight is 365 g/mol. The highest BCUT2D eigenvalue weighted by Gasteiger charge is 1.94. The molecule has 0 spiro atoms. The van der Waals surface area contributed by atoms with Crippen molar-refractivity contribution in [2.45, 2.75) is 116 Å². The number of carbonyl (C=O) groups excluding carboxylic acids is 1. The monoisotopic (exact) mass is 364 g/mol. The molecule has 0 saturated carbocycles. The first-order valence-corrected chi connectivity index (χ1v) is 11.3. The lowest BCUT2D eigenvalue weighted by Crippen LogP contribution is -2.00. The van der Waals surface area contributed by atoms with Crippen molar-refractivity contribution in [2.24, 2.45) is 0 Å². The molecule has 0 aromatic heterocycles. The van der Waals surface area contributed by atoms with Crippen molar-refractivity contribution in [1.82, 2.24) is 0 Å². The Kier molecular flexibility index (Phi) is 21.1. The lowest BCUT2D eigenvalue weighted by Gasteiger charge is -2.03. The second kappa shape index (κ2) is 22.0. The van der Waals surface area contributed by atoms with Gasteiger partial charge in [0.2, 0.25) is 0 Å².